The van der Waals surface area contributed by atoms with Gasteiger partial charge in [-0.3, -0.25) is 14.5 Å². The maximum atomic E-state index is 13.1. The van der Waals surface area contributed by atoms with Crippen LogP contribution in [0.4, 0.5) is 5.69 Å². The van der Waals surface area contributed by atoms with Crippen LogP contribution in [-0.4, -0.2) is 79.2 Å². The summed E-state index contributed by atoms with van der Waals surface area (Å²) in [7, 11) is 0. The van der Waals surface area contributed by atoms with Gasteiger partial charge in [0.1, 0.15) is 17.9 Å². The molecule has 2 aromatic rings. The van der Waals surface area contributed by atoms with Gasteiger partial charge in [0.15, 0.2) is 0 Å². The molecule has 0 spiro atoms. The number of amides is 2. The lowest BCUT2D eigenvalue weighted by Gasteiger charge is -2.48. The number of nitrogens with zero attached hydrogens (tertiary/aromatic N) is 3. The average molecular weight is 557 g/mol. The summed E-state index contributed by atoms with van der Waals surface area (Å²) in [5.41, 5.74) is 5.07. The number of benzene rings is 2. The van der Waals surface area contributed by atoms with Crippen molar-refractivity contribution >= 4 is 17.5 Å². The largest absolute Gasteiger partial charge is 0.489 e. The molecule has 1 aliphatic carbocycles. The van der Waals surface area contributed by atoms with E-state index in [1.54, 1.807) is 4.90 Å². The summed E-state index contributed by atoms with van der Waals surface area (Å²) in [5, 5.41) is 2.81. The highest BCUT2D eigenvalue weighted by molar-refractivity contribution is 6.01. The predicted molar refractivity (Wildman–Crippen MR) is 157 cm³/mol. The molecular formula is C33H40N4O4. The van der Waals surface area contributed by atoms with Crippen LogP contribution in [0.15, 0.2) is 54.7 Å². The molecule has 3 saturated heterocycles. The summed E-state index contributed by atoms with van der Waals surface area (Å²) in [6.45, 7) is 10.00. The lowest BCUT2D eigenvalue weighted by Crippen LogP contribution is -2.57. The molecule has 2 aromatic carbocycles. The molecule has 1 unspecified atom stereocenters. The molecule has 7 rings (SSSR count). The summed E-state index contributed by atoms with van der Waals surface area (Å²) < 4.78 is 12.1. The van der Waals surface area contributed by atoms with Gasteiger partial charge in [-0.25, -0.2) is 0 Å². The van der Waals surface area contributed by atoms with Gasteiger partial charge in [-0.05, 0) is 73.6 Å². The monoisotopic (exact) mass is 556 g/mol. The number of ether oxygens (including phenoxy) is 2. The van der Waals surface area contributed by atoms with E-state index < -0.39 is 6.04 Å². The minimum atomic E-state index is -0.442. The van der Waals surface area contributed by atoms with E-state index in [0.717, 1.165) is 69.2 Å². The normalized spacial score (nSPS) is 27.4. The Balaban J connectivity index is 0.974. The van der Waals surface area contributed by atoms with Gasteiger partial charge in [-0.2, -0.15) is 0 Å². The number of carbonyl (C=O) groups is 2. The minimum Gasteiger partial charge on any atom is -0.489 e. The molecule has 0 aromatic heterocycles. The van der Waals surface area contributed by atoms with Crippen LogP contribution in [0.2, 0.25) is 0 Å². The van der Waals surface area contributed by atoms with Crippen molar-refractivity contribution in [3.63, 3.8) is 0 Å². The van der Waals surface area contributed by atoms with Gasteiger partial charge >= 0.3 is 0 Å². The topological polar surface area (TPSA) is 74.3 Å². The van der Waals surface area contributed by atoms with Crippen molar-refractivity contribution in [1.29, 1.82) is 0 Å². The number of anilines is 1. The van der Waals surface area contributed by atoms with E-state index in [-0.39, 0.29) is 17.9 Å². The van der Waals surface area contributed by atoms with Crippen LogP contribution in [0.5, 0.6) is 5.75 Å². The molecule has 216 valence electrons. The number of hydrogen-bond donors (Lipinski definition) is 1. The third-order valence-electron chi connectivity index (χ3n) is 9.68. The third-order valence-corrected chi connectivity index (χ3v) is 9.68. The number of allylic oxidation sites excluding steroid dienone is 1. The van der Waals surface area contributed by atoms with Crippen LogP contribution < -0.4 is 15.0 Å². The van der Waals surface area contributed by atoms with Crippen molar-refractivity contribution in [2.45, 2.75) is 69.2 Å². The van der Waals surface area contributed by atoms with Crippen molar-refractivity contribution in [2.75, 3.05) is 44.3 Å². The first-order valence-electron chi connectivity index (χ1n) is 15.3. The predicted octanol–water partition coefficient (Wildman–Crippen LogP) is 4.06. The zero-order chi connectivity index (χ0) is 27.9. The van der Waals surface area contributed by atoms with Crippen LogP contribution in [0.1, 0.15) is 65.9 Å². The first kappa shape index (κ1) is 26.5. The van der Waals surface area contributed by atoms with Crippen molar-refractivity contribution in [1.82, 2.24) is 15.1 Å². The van der Waals surface area contributed by atoms with E-state index >= 15 is 0 Å². The Labute approximate surface area is 242 Å². The van der Waals surface area contributed by atoms with Gasteiger partial charge in [-0.15, -0.1) is 0 Å². The average Bonchev–Trinajstić information content (AvgIpc) is 3.29. The Morgan fingerprint density at radius 1 is 0.951 bits per heavy atom. The number of piperidine rings is 1. The second kappa shape index (κ2) is 11.1. The van der Waals surface area contributed by atoms with Crippen LogP contribution in [0.25, 0.3) is 0 Å². The highest BCUT2D eigenvalue weighted by Crippen LogP contribution is 2.37. The molecule has 8 nitrogen and oxygen atoms in total. The molecule has 2 amide bonds. The molecule has 0 radical (unpaired) electrons. The smallest absolute Gasteiger partial charge is 0.255 e. The molecule has 8 heteroatoms. The Hall–Kier alpha value is -3.36. The summed E-state index contributed by atoms with van der Waals surface area (Å²) >= 11 is 0. The third kappa shape index (κ3) is 5.24. The Kier molecular flexibility index (Phi) is 7.21. The number of likely N-dealkylation sites (tertiary alicyclic amines) is 1. The van der Waals surface area contributed by atoms with Crippen LogP contribution >= 0.6 is 0 Å². The lowest BCUT2D eigenvalue weighted by molar-refractivity contribution is -0.126. The molecule has 4 heterocycles. The van der Waals surface area contributed by atoms with Crippen molar-refractivity contribution in [3.05, 3.63) is 71.4 Å². The molecule has 4 fully saturated rings. The SMILES string of the molecule is C=C1CCC(N2Cc3cc(O[C@H]4CCCC[C@@H]4N4CC(c5ccc(N6CCOCC6)cc5)C4)ccc3C2=O)C(=O)N1. The van der Waals surface area contributed by atoms with Gasteiger partial charge in [-0.1, -0.05) is 25.1 Å². The summed E-state index contributed by atoms with van der Waals surface area (Å²) in [6, 6.07) is 15.0. The number of carbonyl (C=O) groups excluding carboxylic acids is 2. The maximum Gasteiger partial charge on any atom is 0.255 e. The second-order valence-corrected chi connectivity index (χ2v) is 12.2. The highest BCUT2D eigenvalue weighted by atomic mass is 16.5. The molecule has 4 aliphatic heterocycles. The van der Waals surface area contributed by atoms with Gasteiger partial charge in [0.2, 0.25) is 5.91 Å². The zero-order valence-electron chi connectivity index (χ0n) is 23.7. The summed E-state index contributed by atoms with van der Waals surface area (Å²) in [5.74, 6) is 1.19. The standard InChI is InChI=1S/C33H40N4O4/c1-22-6-13-30(32(38)34-22)37-21-24-18-27(11-12-28(24)33(37)39)41-31-5-3-2-4-29(31)36-19-25(20-36)23-7-9-26(10-8-23)35-14-16-40-17-15-35/h7-12,18,25,29-31H,1-6,13-17,19-21H2,(H,34,38)/t29-,30?,31-/m0/s1. The molecule has 1 saturated carbocycles. The van der Waals surface area contributed by atoms with E-state index in [9.17, 15) is 9.59 Å². The van der Waals surface area contributed by atoms with E-state index in [4.69, 9.17) is 9.47 Å². The molecule has 5 aliphatic rings. The number of nitrogens with one attached hydrogen (secondary N) is 1. The minimum absolute atomic E-state index is 0.0700. The number of hydrogen-bond acceptors (Lipinski definition) is 6. The van der Waals surface area contributed by atoms with E-state index in [0.29, 0.717) is 36.9 Å². The van der Waals surface area contributed by atoms with Crippen molar-refractivity contribution < 1.29 is 19.1 Å². The number of morpholine rings is 1. The number of rotatable bonds is 6. The number of fused-ring (bicyclic) bond motifs is 1. The summed E-state index contributed by atoms with van der Waals surface area (Å²) in [6.07, 6.45) is 6.09. The molecule has 3 atom stereocenters. The Bertz CT molecular complexity index is 1320. The summed E-state index contributed by atoms with van der Waals surface area (Å²) in [4.78, 5) is 32.4. The first-order valence-corrected chi connectivity index (χ1v) is 15.3. The fraction of sp³-hybridized carbons (Fsp3) is 0.515. The Morgan fingerprint density at radius 3 is 2.51 bits per heavy atom. The van der Waals surface area contributed by atoms with Crippen LogP contribution in [0.3, 0.4) is 0 Å². The molecule has 1 N–H and O–H groups in total. The zero-order valence-corrected chi connectivity index (χ0v) is 23.7. The van der Waals surface area contributed by atoms with Gasteiger partial charge in [0.05, 0.1) is 13.2 Å². The maximum absolute atomic E-state index is 13.1. The Morgan fingerprint density at radius 2 is 1.73 bits per heavy atom. The highest BCUT2D eigenvalue weighted by Gasteiger charge is 2.40. The molecule has 0 bridgehead atoms. The quantitative estimate of drug-likeness (QED) is 0.579. The van der Waals surface area contributed by atoms with E-state index in [2.05, 4.69) is 46.0 Å². The lowest BCUT2D eigenvalue weighted by atomic mass is 9.84. The second-order valence-electron chi connectivity index (χ2n) is 12.2. The van der Waals surface area contributed by atoms with Crippen LogP contribution in [-0.2, 0) is 16.1 Å². The van der Waals surface area contributed by atoms with Crippen molar-refractivity contribution in [3.8, 4) is 5.75 Å². The van der Waals surface area contributed by atoms with Crippen LogP contribution in [0, 0.1) is 0 Å². The fourth-order valence-electron chi connectivity index (χ4n) is 7.28. The van der Waals surface area contributed by atoms with E-state index in [1.807, 2.05) is 18.2 Å². The molecule has 41 heavy (non-hydrogen) atoms. The van der Waals surface area contributed by atoms with Gasteiger partial charge in [0, 0.05) is 61.6 Å². The van der Waals surface area contributed by atoms with Gasteiger partial charge in [0.25, 0.3) is 5.91 Å². The first-order chi connectivity index (χ1) is 20.0. The van der Waals surface area contributed by atoms with Gasteiger partial charge < -0.3 is 24.6 Å². The van der Waals surface area contributed by atoms with E-state index in [1.165, 1.54) is 24.1 Å². The fourth-order valence-corrected chi connectivity index (χ4v) is 7.28. The molecular weight excluding hydrogens is 516 g/mol. The van der Waals surface area contributed by atoms with Crippen molar-refractivity contribution in [2.24, 2.45) is 0 Å².